The van der Waals surface area contributed by atoms with E-state index in [9.17, 15) is 4.79 Å². The SMILES string of the molecule is CN(C)c1ccnc(N[C@H]2CC[C@@H](NC(=O)Nc3ccc(Br)cc3Br)CC2)n1. The van der Waals surface area contributed by atoms with Gasteiger partial charge in [-0.15, -0.1) is 0 Å². The van der Waals surface area contributed by atoms with Crippen molar-refractivity contribution in [2.45, 2.75) is 37.8 Å². The predicted molar refractivity (Wildman–Crippen MR) is 120 cm³/mol. The number of halogens is 2. The van der Waals surface area contributed by atoms with Crippen molar-refractivity contribution in [3.05, 3.63) is 39.4 Å². The van der Waals surface area contributed by atoms with Crippen molar-refractivity contribution < 1.29 is 4.79 Å². The highest BCUT2D eigenvalue weighted by Crippen LogP contribution is 2.26. The van der Waals surface area contributed by atoms with Crippen LogP contribution < -0.4 is 20.9 Å². The largest absolute Gasteiger partial charge is 0.363 e. The van der Waals surface area contributed by atoms with Crippen LogP contribution in [0.4, 0.5) is 22.2 Å². The molecule has 1 fully saturated rings. The lowest BCUT2D eigenvalue weighted by atomic mass is 9.91. The molecule has 1 saturated carbocycles. The zero-order chi connectivity index (χ0) is 20.1. The smallest absolute Gasteiger partial charge is 0.319 e. The Morgan fingerprint density at radius 2 is 1.82 bits per heavy atom. The van der Waals surface area contributed by atoms with E-state index in [0.29, 0.717) is 12.0 Å². The van der Waals surface area contributed by atoms with E-state index in [1.807, 2.05) is 43.3 Å². The minimum absolute atomic E-state index is 0.168. The van der Waals surface area contributed by atoms with E-state index in [2.05, 4.69) is 57.8 Å². The standard InChI is InChI=1S/C19H24Br2N6O/c1-27(2)17-9-10-22-18(26-17)23-13-4-6-14(7-5-13)24-19(28)25-16-8-3-12(20)11-15(16)21/h3,8-11,13-14H,4-7H2,1-2H3,(H,22,23,26)(H2,24,25,28)/t13-,14+. The Hall–Kier alpha value is -1.87. The van der Waals surface area contributed by atoms with Crippen LogP contribution in [0.3, 0.4) is 0 Å². The first kappa shape index (κ1) is 20.9. The van der Waals surface area contributed by atoms with E-state index in [1.54, 1.807) is 6.20 Å². The number of carbonyl (C=O) groups is 1. The van der Waals surface area contributed by atoms with Crippen LogP contribution in [0.15, 0.2) is 39.4 Å². The summed E-state index contributed by atoms with van der Waals surface area (Å²) in [7, 11) is 3.92. The van der Waals surface area contributed by atoms with Gasteiger partial charge in [0.05, 0.1) is 5.69 Å². The average Bonchev–Trinajstić information content (AvgIpc) is 2.66. The van der Waals surface area contributed by atoms with Crippen molar-refractivity contribution in [2.75, 3.05) is 29.6 Å². The van der Waals surface area contributed by atoms with E-state index in [1.165, 1.54) is 0 Å². The van der Waals surface area contributed by atoms with Gasteiger partial charge in [-0.2, -0.15) is 4.98 Å². The Morgan fingerprint density at radius 3 is 2.50 bits per heavy atom. The van der Waals surface area contributed by atoms with Crippen LogP contribution in [0.25, 0.3) is 0 Å². The first-order valence-corrected chi connectivity index (χ1v) is 10.8. The molecule has 150 valence electrons. The van der Waals surface area contributed by atoms with Crippen LogP contribution in [-0.4, -0.2) is 42.2 Å². The first-order chi connectivity index (χ1) is 13.4. The third-order valence-electron chi connectivity index (χ3n) is 4.67. The zero-order valence-corrected chi connectivity index (χ0v) is 19.0. The van der Waals surface area contributed by atoms with Gasteiger partial charge in [0.15, 0.2) is 0 Å². The fraction of sp³-hybridized carbons (Fsp3) is 0.421. The van der Waals surface area contributed by atoms with Crippen LogP contribution in [0.2, 0.25) is 0 Å². The lowest BCUT2D eigenvalue weighted by molar-refractivity contribution is 0.243. The molecule has 1 heterocycles. The lowest BCUT2D eigenvalue weighted by Crippen LogP contribution is -2.42. The maximum Gasteiger partial charge on any atom is 0.319 e. The Labute approximate surface area is 182 Å². The summed E-state index contributed by atoms with van der Waals surface area (Å²) in [5.41, 5.74) is 0.744. The molecule has 9 heteroatoms. The number of anilines is 3. The topological polar surface area (TPSA) is 82.2 Å². The molecule has 1 aromatic carbocycles. The van der Waals surface area contributed by atoms with Crippen molar-refractivity contribution in [1.82, 2.24) is 15.3 Å². The Bertz CT molecular complexity index is 824. The molecule has 3 rings (SSSR count). The van der Waals surface area contributed by atoms with Crippen molar-refractivity contribution in [2.24, 2.45) is 0 Å². The van der Waals surface area contributed by atoms with Gasteiger partial charge in [0.25, 0.3) is 0 Å². The molecule has 2 aromatic rings. The van der Waals surface area contributed by atoms with Crippen molar-refractivity contribution in [1.29, 1.82) is 0 Å². The molecule has 7 nitrogen and oxygen atoms in total. The number of carbonyl (C=O) groups excluding carboxylic acids is 1. The number of aromatic nitrogens is 2. The number of nitrogens with zero attached hydrogens (tertiary/aromatic N) is 3. The summed E-state index contributed by atoms with van der Waals surface area (Å²) in [4.78, 5) is 23.1. The van der Waals surface area contributed by atoms with E-state index >= 15 is 0 Å². The molecule has 2 amide bonds. The van der Waals surface area contributed by atoms with Gasteiger partial charge in [-0.05, 0) is 65.9 Å². The van der Waals surface area contributed by atoms with Crippen molar-refractivity contribution >= 4 is 55.3 Å². The number of urea groups is 1. The van der Waals surface area contributed by atoms with Gasteiger partial charge in [0.2, 0.25) is 5.95 Å². The van der Waals surface area contributed by atoms with Gasteiger partial charge in [-0.3, -0.25) is 0 Å². The summed E-state index contributed by atoms with van der Waals surface area (Å²) in [6.07, 6.45) is 5.52. The number of hydrogen-bond donors (Lipinski definition) is 3. The molecule has 0 spiro atoms. The summed E-state index contributed by atoms with van der Waals surface area (Å²) in [5.74, 6) is 1.53. The summed E-state index contributed by atoms with van der Waals surface area (Å²) < 4.78 is 1.79. The molecule has 0 aliphatic heterocycles. The van der Waals surface area contributed by atoms with Crippen molar-refractivity contribution in [3.8, 4) is 0 Å². The van der Waals surface area contributed by atoms with Gasteiger partial charge in [0, 0.05) is 41.3 Å². The average molecular weight is 512 g/mol. The van der Waals surface area contributed by atoms with Crippen LogP contribution in [0.5, 0.6) is 0 Å². The highest BCUT2D eigenvalue weighted by atomic mass is 79.9. The Kier molecular flexibility index (Phi) is 7.12. The molecule has 1 aliphatic rings. The lowest BCUT2D eigenvalue weighted by Gasteiger charge is -2.29. The van der Waals surface area contributed by atoms with Crippen LogP contribution in [0.1, 0.15) is 25.7 Å². The molecule has 0 radical (unpaired) electrons. The fourth-order valence-electron chi connectivity index (χ4n) is 3.17. The monoisotopic (exact) mass is 510 g/mol. The molecule has 0 atom stereocenters. The quantitative estimate of drug-likeness (QED) is 0.546. The maximum atomic E-state index is 12.3. The van der Waals surface area contributed by atoms with Gasteiger partial charge >= 0.3 is 6.03 Å². The highest BCUT2D eigenvalue weighted by Gasteiger charge is 2.23. The van der Waals surface area contributed by atoms with Gasteiger partial charge in [-0.1, -0.05) is 15.9 Å². The predicted octanol–water partition coefficient (Wildman–Crippen LogP) is 4.61. The van der Waals surface area contributed by atoms with Gasteiger partial charge < -0.3 is 20.9 Å². The highest BCUT2D eigenvalue weighted by molar-refractivity contribution is 9.11. The molecule has 1 aliphatic carbocycles. The molecule has 1 aromatic heterocycles. The third-order valence-corrected chi connectivity index (χ3v) is 5.82. The number of nitrogens with one attached hydrogen (secondary N) is 3. The second-order valence-electron chi connectivity index (χ2n) is 7.05. The van der Waals surface area contributed by atoms with Gasteiger partial charge in [-0.25, -0.2) is 9.78 Å². The minimum atomic E-state index is -0.179. The maximum absolute atomic E-state index is 12.3. The minimum Gasteiger partial charge on any atom is -0.363 e. The normalized spacial score (nSPS) is 19.0. The van der Waals surface area contributed by atoms with Crippen molar-refractivity contribution in [3.63, 3.8) is 0 Å². The number of benzene rings is 1. The molecular weight excluding hydrogens is 488 g/mol. The molecule has 3 N–H and O–H groups in total. The second-order valence-corrected chi connectivity index (χ2v) is 8.82. The Balaban J connectivity index is 1.46. The van der Waals surface area contributed by atoms with E-state index in [0.717, 1.165) is 46.1 Å². The van der Waals surface area contributed by atoms with Crippen LogP contribution in [-0.2, 0) is 0 Å². The zero-order valence-electron chi connectivity index (χ0n) is 15.9. The van der Waals surface area contributed by atoms with Crippen LogP contribution in [0, 0.1) is 0 Å². The summed E-state index contributed by atoms with van der Waals surface area (Å²) in [6.45, 7) is 0. The summed E-state index contributed by atoms with van der Waals surface area (Å²) in [6, 6.07) is 7.84. The summed E-state index contributed by atoms with van der Waals surface area (Å²) in [5, 5.41) is 9.38. The van der Waals surface area contributed by atoms with E-state index < -0.39 is 0 Å². The second kappa shape index (κ2) is 9.56. The molecule has 0 saturated heterocycles. The first-order valence-electron chi connectivity index (χ1n) is 9.20. The van der Waals surface area contributed by atoms with Gasteiger partial charge in [0.1, 0.15) is 5.82 Å². The van der Waals surface area contributed by atoms with E-state index in [-0.39, 0.29) is 12.1 Å². The van der Waals surface area contributed by atoms with E-state index in [4.69, 9.17) is 0 Å². The Morgan fingerprint density at radius 1 is 1.11 bits per heavy atom. The van der Waals surface area contributed by atoms with Crippen LogP contribution >= 0.6 is 31.9 Å². The third kappa shape index (κ3) is 5.81. The fourth-order valence-corrected chi connectivity index (χ4v) is 4.31. The molecule has 0 unspecified atom stereocenters. The number of amides is 2. The number of rotatable bonds is 5. The summed E-state index contributed by atoms with van der Waals surface area (Å²) >= 11 is 6.87. The number of hydrogen-bond acceptors (Lipinski definition) is 5. The molecule has 28 heavy (non-hydrogen) atoms. The molecular formula is C19H24Br2N6O. The molecule has 0 bridgehead atoms.